The summed E-state index contributed by atoms with van der Waals surface area (Å²) in [7, 11) is 3.71. The fourth-order valence-corrected chi connectivity index (χ4v) is 4.05. The lowest BCUT2D eigenvalue weighted by atomic mass is 9.98. The minimum absolute atomic E-state index is 0.0892. The van der Waals surface area contributed by atoms with Crippen molar-refractivity contribution in [2.45, 2.75) is 37.8 Å². The van der Waals surface area contributed by atoms with Crippen LogP contribution >= 0.6 is 0 Å². The first kappa shape index (κ1) is 24.3. The third kappa shape index (κ3) is 5.90. The molecule has 3 N–H and O–H groups in total. The van der Waals surface area contributed by atoms with E-state index in [1.54, 1.807) is 6.92 Å². The van der Waals surface area contributed by atoms with Gasteiger partial charge in [-0.05, 0) is 55.7 Å². The summed E-state index contributed by atoms with van der Waals surface area (Å²) in [6.07, 6.45) is -0.148. The van der Waals surface area contributed by atoms with Crippen molar-refractivity contribution in [2.24, 2.45) is 0 Å². The predicted molar refractivity (Wildman–Crippen MR) is 125 cm³/mol. The Morgan fingerprint density at radius 2 is 1.55 bits per heavy atom. The van der Waals surface area contributed by atoms with Crippen molar-refractivity contribution in [2.75, 3.05) is 27.2 Å². The average molecular weight is 454 g/mol. The van der Waals surface area contributed by atoms with Gasteiger partial charge >= 0.3 is 12.1 Å². The minimum Gasteiger partial charge on any atom is -0.480 e. The molecule has 2 aromatic carbocycles. The Hall–Kier alpha value is -3.39. The smallest absolute Gasteiger partial charge is 0.407 e. The van der Waals surface area contributed by atoms with E-state index in [2.05, 4.69) is 22.8 Å². The Morgan fingerprint density at radius 3 is 2.06 bits per heavy atom. The van der Waals surface area contributed by atoms with E-state index < -0.39 is 30.1 Å². The lowest BCUT2D eigenvalue weighted by Gasteiger charge is -2.22. The van der Waals surface area contributed by atoms with Gasteiger partial charge in [-0.3, -0.25) is 4.79 Å². The summed E-state index contributed by atoms with van der Waals surface area (Å²) in [5.41, 5.74) is 4.45. The lowest BCUT2D eigenvalue weighted by molar-refractivity contribution is -0.142. The first-order valence-electron chi connectivity index (χ1n) is 11.1. The number of carboxylic acids is 1. The molecule has 0 saturated heterocycles. The molecule has 33 heavy (non-hydrogen) atoms. The minimum atomic E-state index is -1.11. The molecular formula is C25H31N3O5. The van der Waals surface area contributed by atoms with Crippen LogP contribution in [-0.4, -0.2) is 67.3 Å². The molecule has 0 radical (unpaired) electrons. The van der Waals surface area contributed by atoms with E-state index in [-0.39, 0.29) is 18.9 Å². The van der Waals surface area contributed by atoms with Gasteiger partial charge in [0.2, 0.25) is 5.91 Å². The van der Waals surface area contributed by atoms with Crippen LogP contribution in [0.25, 0.3) is 11.1 Å². The van der Waals surface area contributed by atoms with Crippen LogP contribution in [0.5, 0.6) is 0 Å². The molecule has 2 aromatic rings. The maximum atomic E-state index is 12.7. The van der Waals surface area contributed by atoms with E-state index in [0.717, 1.165) is 22.3 Å². The molecular weight excluding hydrogens is 422 g/mol. The van der Waals surface area contributed by atoms with E-state index in [1.807, 2.05) is 55.4 Å². The second-order valence-electron chi connectivity index (χ2n) is 8.42. The first-order valence-corrected chi connectivity index (χ1v) is 11.1. The summed E-state index contributed by atoms with van der Waals surface area (Å²) in [5, 5.41) is 14.3. The molecule has 0 heterocycles. The zero-order chi connectivity index (χ0) is 24.0. The van der Waals surface area contributed by atoms with Crippen LogP contribution in [-0.2, 0) is 14.3 Å². The number of amides is 2. The lowest BCUT2D eigenvalue weighted by Crippen LogP contribution is -2.52. The molecule has 2 amide bonds. The molecule has 0 aliphatic heterocycles. The normalized spacial score (nSPS) is 14.2. The topological polar surface area (TPSA) is 108 Å². The molecule has 2 atom stereocenters. The number of alkyl carbamates (subject to hydrolysis) is 1. The van der Waals surface area contributed by atoms with Gasteiger partial charge in [0.1, 0.15) is 18.7 Å². The molecule has 0 aromatic heterocycles. The maximum absolute atomic E-state index is 12.7. The van der Waals surface area contributed by atoms with Crippen molar-refractivity contribution >= 4 is 18.0 Å². The number of nitrogens with zero attached hydrogens (tertiary/aromatic N) is 1. The van der Waals surface area contributed by atoms with Gasteiger partial charge in [0.05, 0.1) is 0 Å². The molecule has 0 fully saturated rings. The number of nitrogens with one attached hydrogen (secondary N) is 2. The third-order valence-corrected chi connectivity index (χ3v) is 5.84. The first-order chi connectivity index (χ1) is 15.8. The molecule has 1 unspecified atom stereocenters. The Balaban J connectivity index is 1.66. The van der Waals surface area contributed by atoms with Crippen molar-refractivity contribution in [1.29, 1.82) is 0 Å². The highest BCUT2D eigenvalue weighted by Gasteiger charge is 2.30. The summed E-state index contributed by atoms with van der Waals surface area (Å²) in [6.45, 7) is 2.34. The largest absolute Gasteiger partial charge is 0.480 e. The second kappa shape index (κ2) is 11.0. The molecule has 0 saturated carbocycles. The van der Waals surface area contributed by atoms with Crippen molar-refractivity contribution in [1.82, 2.24) is 15.5 Å². The number of hydrogen-bond acceptors (Lipinski definition) is 5. The Kier molecular flexibility index (Phi) is 8.06. The van der Waals surface area contributed by atoms with E-state index in [1.165, 1.54) is 0 Å². The molecule has 1 aliphatic carbocycles. The van der Waals surface area contributed by atoms with Crippen LogP contribution in [0.2, 0.25) is 0 Å². The average Bonchev–Trinajstić information content (AvgIpc) is 3.12. The summed E-state index contributed by atoms with van der Waals surface area (Å²) in [5.74, 6) is -1.74. The fraction of sp³-hybridized carbons (Fsp3) is 0.400. The number of ether oxygens (including phenoxy) is 1. The van der Waals surface area contributed by atoms with Crippen molar-refractivity contribution in [3.8, 4) is 11.1 Å². The quantitative estimate of drug-likeness (QED) is 0.511. The standard InChI is InChI=1S/C25H31N3O5/c1-4-21(24(30)31)26-23(29)22(13-14-28(2)3)27-25(32)33-15-20-18-11-7-5-9-16(18)17-10-6-8-12-19(17)20/h5-12,20-22H,4,13-15H2,1-3H3,(H,26,29)(H,27,32)(H,30,31)/t21-,22?/m1/s1. The van der Waals surface area contributed by atoms with Gasteiger partial charge in [0.15, 0.2) is 0 Å². The zero-order valence-electron chi connectivity index (χ0n) is 19.2. The molecule has 176 valence electrons. The number of benzene rings is 2. The maximum Gasteiger partial charge on any atom is 0.407 e. The van der Waals surface area contributed by atoms with Crippen LogP contribution in [0.15, 0.2) is 48.5 Å². The van der Waals surface area contributed by atoms with E-state index in [9.17, 15) is 19.5 Å². The Bertz CT molecular complexity index is 962. The number of fused-ring (bicyclic) bond motifs is 3. The summed E-state index contributed by atoms with van der Waals surface area (Å²) in [4.78, 5) is 38.5. The molecule has 0 spiro atoms. The number of rotatable bonds is 10. The summed E-state index contributed by atoms with van der Waals surface area (Å²) in [6, 6.07) is 14.2. The van der Waals surface area contributed by atoms with Gasteiger partial charge in [0, 0.05) is 5.92 Å². The number of aliphatic carboxylic acids is 1. The summed E-state index contributed by atoms with van der Waals surface area (Å²) >= 11 is 0. The highest BCUT2D eigenvalue weighted by atomic mass is 16.5. The van der Waals surface area contributed by atoms with Gasteiger partial charge in [-0.15, -0.1) is 0 Å². The van der Waals surface area contributed by atoms with Crippen molar-refractivity contribution < 1.29 is 24.2 Å². The van der Waals surface area contributed by atoms with Gasteiger partial charge < -0.3 is 25.4 Å². The van der Waals surface area contributed by atoms with E-state index >= 15 is 0 Å². The van der Waals surface area contributed by atoms with Crippen LogP contribution in [0.4, 0.5) is 4.79 Å². The van der Waals surface area contributed by atoms with Crippen LogP contribution in [0, 0.1) is 0 Å². The number of carbonyl (C=O) groups excluding carboxylic acids is 2. The van der Waals surface area contributed by atoms with Crippen LogP contribution < -0.4 is 10.6 Å². The molecule has 3 rings (SSSR count). The Morgan fingerprint density at radius 1 is 0.970 bits per heavy atom. The molecule has 1 aliphatic rings. The highest BCUT2D eigenvalue weighted by Crippen LogP contribution is 2.44. The van der Waals surface area contributed by atoms with Gasteiger partial charge in [-0.2, -0.15) is 0 Å². The van der Waals surface area contributed by atoms with Gasteiger partial charge in [0.25, 0.3) is 0 Å². The molecule has 0 bridgehead atoms. The fourth-order valence-electron chi connectivity index (χ4n) is 4.05. The van der Waals surface area contributed by atoms with Crippen LogP contribution in [0.1, 0.15) is 36.8 Å². The number of hydrogen-bond donors (Lipinski definition) is 3. The van der Waals surface area contributed by atoms with Crippen molar-refractivity contribution in [3.63, 3.8) is 0 Å². The number of carboxylic acid groups (broad SMARTS) is 1. The van der Waals surface area contributed by atoms with Gasteiger partial charge in [-0.1, -0.05) is 55.5 Å². The molecule has 8 nitrogen and oxygen atoms in total. The van der Waals surface area contributed by atoms with E-state index in [4.69, 9.17) is 4.74 Å². The van der Waals surface area contributed by atoms with Crippen molar-refractivity contribution in [3.05, 3.63) is 59.7 Å². The summed E-state index contributed by atoms with van der Waals surface area (Å²) < 4.78 is 5.55. The van der Waals surface area contributed by atoms with Gasteiger partial charge in [-0.25, -0.2) is 9.59 Å². The zero-order valence-corrected chi connectivity index (χ0v) is 19.2. The highest BCUT2D eigenvalue weighted by molar-refractivity contribution is 5.89. The second-order valence-corrected chi connectivity index (χ2v) is 8.42. The molecule has 8 heteroatoms. The SMILES string of the molecule is CC[C@@H](NC(=O)C(CCN(C)C)NC(=O)OCC1c2ccccc2-c2ccccc21)C(=O)O. The number of carbonyl (C=O) groups is 3. The third-order valence-electron chi connectivity index (χ3n) is 5.84. The van der Waals surface area contributed by atoms with E-state index in [0.29, 0.717) is 13.0 Å². The predicted octanol–water partition coefficient (Wildman–Crippen LogP) is 2.82. The Labute approximate surface area is 193 Å². The van der Waals surface area contributed by atoms with Crippen LogP contribution in [0.3, 0.4) is 0 Å². The monoisotopic (exact) mass is 453 g/mol.